The van der Waals surface area contributed by atoms with Crippen LogP contribution < -0.4 is 0 Å². The van der Waals surface area contributed by atoms with E-state index < -0.39 is 0 Å². The van der Waals surface area contributed by atoms with E-state index in [9.17, 15) is 0 Å². The molecule has 1 heteroatoms. The molecule has 2 aromatic rings. The third-order valence-corrected chi connectivity index (χ3v) is 4.01. The molecule has 1 heterocycles. The van der Waals surface area contributed by atoms with E-state index in [1.165, 1.54) is 20.9 Å². The molecule has 0 aliphatic carbocycles. The first-order valence-electron chi connectivity index (χ1n) is 5.32. The minimum atomic E-state index is 1.07. The van der Waals surface area contributed by atoms with Crippen molar-refractivity contribution >= 4 is 11.3 Å². The Hall–Kier alpha value is -1.52. The molecule has 1 aromatic carbocycles. The van der Waals surface area contributed by atoms with Crippen molar-refractivity contribution in [2.45, 2.75) is 20.8 Å². The summed E-state index contributed by atoms with van der Waals surface area (Å²) in [6, 6.07) is 10.1. The zero-order valence-corrected chi connectivity index (χ0v) is 10.6. The Morgan fingerprint density at radius 2 is 1.56 bits per heavy atom. The van der Waals surface area contributed by atoms with Crippen LogP contribution in [0.4, 0.5) is 0 Å². The molecule has 0 aliphatic heterocycles. The summed E-state index contributed by atoms with van der Waals surface area (Å²) in [4.78, 5) is 2.56. The van der Waals surface area contributed by atoms with Gasteiger partial charge in [-0.3, -0.25) is 0 Å². The van der Waals surface area contributed by atoms with Gasteiger partial charge in [0, 0.05) is 10.4 Å². The average molecular weight is 226 g/mol. The van der Waals surface area contributed by atoms with E-state index >= 15 is 0 Å². The first-order valence-corrected chi connectivity index (χ1v) is 6.14. The Morgan fingerprint density at radius 3 is 2.12 bits per heavy atom. The Labute approximate surface area is 101 Å². The van der Waals surface area contributed by atoms with Crippen LogP contribution in [0, 0.1) is 32.6 Å². The second-order valence-corrected chi connectivity index (χ2v) is 5.08. The SMILES string of the molecule is Cc1sc(C#Cc2ccccc2)c(C)c1C. The third-order valence-electron chi connectivity index (χ3n) is 2.78. The fraction of sp³-hybridized carbons (Fsp3) is 0.200. The van der Waals surface area contributed by atoms with E-state index in [0.29, 0.717) is 0 Å². The van der Waals surface area contributed by atoms with E-state index in [4.69, 9.17) is 0 Å². The molecule has 16 heavy (non-hydrogen) atoms. The van der Waals surface area contributed by atoms with E-state index in [1.54, 1.807) is 11.3 Å². The summed E-state index contributed by atoms with van der Waals surface area (Å²) in [5.41, 5.74) is 3.78. The second-order valence-electron chi connectivity index (χ2n) is 3.85. The quantitative estimate of drug-likeness (QED) is 0.594. The highest BCUT2D eigenvalue weighted by Crippen LogP contribution is 2.25. The van der Waals surface area contributed by atoms with Gasteiger partial charge in [-0.2, -0.15) is 0 Å². The molecule has 0 amide bonds. The maximum atomic E-state index is 3.26. The molecule has 0 N–H and O–H groups in total. The number of benzene rings is 1. The van der Waals surface area contributed by atoms with Crippen LogP contribution >= 0.6 is 11.3 Å². The van der Waals surface area contributed by atoms with Crippen LogP contribution in [0.1, 0.15) is 26.4 Å². The zero-order chi connectivity index (χ0) is 11.5. The lowest BCUT2D eigenvalue weighted by Crippen LogP contribution is -1.77. The van der Waals surface area contributed by atoms with Crippen molar-refractivity contribution in [3.05, 3.63) is 56.8 Å². The van der Waals surface area contributed by atoms with Gasteiger partial charge in [0.2, 0.25) is 0 Å². The van der Waals surface area contributed by atoms with Gasteiger partial charge in [-0.15, -0.1) is 11.3 Å². The highest BCUT2D eigenvalue weighted by Gasteiger charge is 2.05. The Balaban J connectivity index is 2.35. The Kier molecular flexibility index (Phi) is 3.12. The number of rotatable bonds is 0. The standard InChI is InChI=1S/C15H14S/c1-11-12(2)15(16-13(11)3)10-9-14-7-5-4-6-8-14/h4-8H,1-3H3. The molecule has 0 radical (unpaired) electrons. The molecule has 0 saturated heterocycles. The molecule has 0 bridgehead atoms. The van der Waals surface area contributed by atoms with Gasteiger partial charge in [-0.25, -0.2) is 0 Å². The molecule has 0 aliphatic rings. The van der Waals surface area contributed by atoms with Crippen molar-refractivity contribution < 1.29 is 0 Å². The van der Waals surface area contributed by atoms with E-state index in [-0.39, 0.29) is 0 Å². The largest absolute Gasteiger partial charge is 0.131 e. The highest BCUT2D eigenvalue weighted by molar-refractivity contribution is 7.12. The monoisotopic (exact) mass is 226 g/mol. The van der Waals surface area contributed by atoms with Gasteiger partial charge < -0.3 is 0 Å². The van der Waals surface area contributed by atoms with E-state index in [2.05, 4.69) is 32.6 Å². The van der Waals surface area contributed by atoms with Gasteiger partial charge in [-0.1, -0.05) is 30.0 Å². The van der Waals surface area contributed by atoms with Gasteiger partial charge in [0.15, 0.2) is 0 Å². The normalized spacial score (nSPS) is 9.69. The number of hydrogen-bond donors (Lipinski definition) is 0. The molecule has 0 atom stereocenters. The van der Waals surface area contributed by atoms with Crippen LogP contribution in [0.5, 0.6) is 0 Å². The lowest BCUT2D eigenvalue weighted by molar-refractivity contribution is 1.34. The lowest BCUT2D eigenvalue weighted by Gasteiger charge is -1.90. The smallest absolute Gasteiger partial charge is 0.0806 e. The fourth-order valence-electron chi connectivity index (χ4n) is 1.51. The van der Waals surface area contributed by atoms with E-state index in [1.807, 2.05) is 30.3 Å². The maximum Gasteiger partial charge on any atom is 0.0806 e. The third kappa shape index (κ3) is 2.18. The molecule has 0 fully saturated rings. The van der Waals surface area contributed by atoms with Crippen LogP contribution in [0.2, 0.25) is 0 Å². The predicted octanol–water partition coefficient (Wildman–Crippen LogP) is 4.07. The summed E-state index contributed by atoms with van der Waals surface area (Å²) < 4.78 is 0. The predicted molar refractivity (Wildman–Crippen MR) is 71.0 cm³/mol. The minimum absolute atomic E-state index is 1.07. The average Bonchev–Trinajstić information content (AvgIpc) is 2.56. The molecule has 0 saturated carbocycles. The van der Waals surface area contributed by atoms with Crippen molar-refractivity contribution in [2.75, 3.05) is 0 Å². The van der Waals surface area contributed by atoms with Crippen LogP contribution in [-0.4, -0.2) is 0 Å². The summed E-state index contributed by atoms with van der Waals surface area (Å²) in [6.45, 7) is 6.46. The molecule has 0 spiro atoms. The maximum absolute atomic E-state index is 3.26. The summed E-state index contributed by atoms with van der Waals surface area (Å²) in [5.74, 6) is 6.46. The van der Waals surface area contributed by atoms with E-state index in [0.717, 1.165) is 5.56 Å². The van der Waals surface area contributed by atoms with Gasteiger partial charge in [0.1, 0.15) is 0 Å². The van der Waals surface area contributed by atoms with Gasteiger partial charge in [0.05, 0.1) is 4.88 Å². The summed E-state index contributed by atoms with van der Waals surface area (Å²) >= 11 is 1.79. The summed E-state index contributed by atoms with van der Waals surface area (Å²) in [5, 5.41) is 0. The molecule has 0 nitrogen and oxygen atoms in total. The van der Waals surface area contributed by atoms with Gasteiger partial charge in [0.25, 0.3) is 0 Å². The van der Waals surface area contributed by atoms with Crippen LogP contribution in [0.15, 0.2) is 30.3 Å². The van der Waals surface area contributed by atoms with Crippen molar-refractivity contribution in [1.29, 1.82) is 0 Å². The Bertz CT molecular complexity index is 550. The number of thiophene rings is 1. The highest BCUT2D eigenvalue weighted by atomic mass is 32.1. The van der Waals surface area contributed by atoms with Crippen molar-refractivity contribution in [3.8, 4) is 11.8 Å². The van der Waals surface area contributed by atoms with Gasteiger partial charge >= 0.3 is 0 Å². The first kappa shape index (κ1) is 11.0. The lowest BCUT2D eigenvalue weighted by atomic mass is 10.1. The summed E-state index contributed by atoms with van der Waals surface area (Å²) in [6.07, 6.45) is 0. The number of hydrogen-bond acceptors (Lipinski definition) is 1. The topological polar surface area (TPSA) is 0 Å². The second kappa shape index (κ2) is 4.55. The van der Waals surface area contributed by atoms with Crippen LogP contribution in [0.25, 0.3) is 0 Å². The zero-order valence-electron chi connectivity index (χ0n) is 9.79. The van der Waals surface area contributed by atoms with Gasteiger partial charge in [-0.05, 0) is 44.0 Å². The molecule has 1 aromatic heterocycles. The summed E-state index contributed by atoms with van der Waals surface area (Å²) in [7, 11) is 0. The molecule has 80 valence electrons. The first-order chi connectivity index (χ1) is 7.68. The van der Waals surface area contributed by atoms with Crippen molar-refractivity contribution in [3.63, 3.8) is 0 Å². The number of aryl methyl sites for hydroxylation is 1. The van der Waals surface area contributed by atoms with Crippen LogP contribution in [-0.2, 0) is 0 Å². The van der Waals surface area contributed by atoms with Crippen molar-refractivity contribution in [1.82, 2.24) is 0 Å². The minimum Gasteiger partial charge on any atom is -0.131 e. The Morgan fingerprint density at radius 1 is 0.875 bits per heavy atom. The molecule has 2 rings (SSSR count). The van der Waals surface area contributed by atoms with Crippen molar-refractivity contribution in [2.24, 2.45) is 0 Å². The fourth-order valence-corrected chi connectivity index (χ4v) is 2.53. The molecular weight excluding hydrogens is 212 g/mol. The molecule has 0 unspecified atom stereocenters. The van der Waals surface area contributed by atoms with Crippen LogP contribution in [0.3, 0.4) is 0 Å². The molecular formula is C15H14S.